The molecular formula is C18H30O6. The van der Waals surface area contributed by atoms with Gasteiger partial charge in [-0.05, 0) is 12.8 Å². The highest BCUT2D eigenvalue weighted by Gasteiger charge is 2.07. The summed E-state index contributed by atoms with van der Waals surface area (Å²) in [6.45, 7) is 6.60. The van der Waals surface area contributed by atoms with Crippen molar-refractivity contribution in [1.29, 1.82) is 0 Å². The minimum Gasteiger partial charge on any atom is -0.460 e. The second kappa shape index (κ2) is 14.9. The maximum atomic E-state index is 10.8. The Hall–Kier alpha value is -1.66. The first-order valence-corrected chi connectivity index (χ1v) is 8.44. The van der Waals surface area contributed by atoms with Crippen LogP contribution < -0.4 is 0 Å². The van der Waals surface area contributed by atoms with E-state index < -0.39 is 24.1 Å². The van der Waals surface area contributed by atoms with Crippen LogP contribution in [0.4, 0.5) is 0 Å². The molecule has 2 atom stereocenters. The van der Waals surface area contributed by atoms with E-state index in [4.69, 9.17) is 9.47 Å². The predicted octanol–water partition coefficient (Wildman–Crippen LogP) is 2.29. The first-order chi connectivity index (χ1) is 11.5. The molecule has 0 heterocycles. The summed E-state index contributed by atoms with van der Waals surface area (Å²) in [6, 6.07) is 0. The van der Waals surface area contributed by atoms with Gasteiger partial charge in [0.2, 0.25) is 0 Å². The standard InChI is InChI=1S/C18H30O6/c1-3-17(21)23-13-15(19)11-9-7-5-6-8-10-12-16(20)14-24-18(22)4-2/h3-4,15-16,19-20H,1-2,5-14H2. The zero-order valence-electron chi connectivity index (χ0n) is 14.3. The van der Waals surface area contributed by atoms with Gasteiger partial charge in [-0.2, -0.15) is 0 Å². The molecule has 0 aromatic rings. The minimum atomic E-state index is -0.623. The molecule has 24 heavy (non-hydrogen) atoms. The first-order valence-electron chi connectivity index (χ1n) is 8.44. The van der Waals surface area contributed by atoms with Gasteiger partial charge in [0.1, 0.15) is 13.2 Å². The van der Waals surface area contributed by atoms with Crippen LogP contribution in [-0.2, 0) is 19.1 Å². The van der Waals surface area contributed by atoms with Crippen LogP contribution in [0.5, 0.6) is 0 Å². The molecule has 0 saturated carbocycles. The molecule has 0 amide bonds. The highest BCUT2D eigenvalue weighted by Crippen LogP contribution is 2.11. The molecule has 0 aromatic carbocycles. The van der Waals surface area contributed by atoms with E-state index in [9.17, 15) is 19.8 Å². The number of hydrogen-bond acceptors (Lipinski definition) is 6. The van der Waals surface area contributed by atoms with E-state index in [1.165, 1.54) is 0 Å². The van der Waals surface area contributed by atoms with E-state index in [1.54, 1.807) is 0 Å². The molecule has 0 spiro atoms. The highest BCUT2D eigenvalue weighted by molar-refractivity contribution is 5.81. The van der Waals surface area contributed by atoms with Crippen molar-refractivity contribution in [3.63, 3.8) is 0 Å². The van der Waals surface area contributed by atoms with Crippen molar-refractivity contribution in [2.75, 3.05) is 13.2 Å². The Labute approximate surface area is 144 Å². The topological polar surface area (TPSA) is 93.1 Å². The zero-order chi connectivity index (χ0) is 18.2. The Kier molecular flexibility index (Phi) is 13.9. The Morgan fingerprint density at radius 2 is 1.08 bits per heavy atom. The molecule has 0 radical (unpaired) electrons. The van der Waals surface area contributed by atoms with Crippen LogP contribution in [0.1, 0.15) is 51.4 Å². The molecule has 0 aliphatic rings. The second-order valence-electron chi connectivity index (χ2n) is 5.67. The van der Waals surface area contributed by atoms with E-state index in [0.29, 0.717) is 12.8 Å². The van der Waals surface area contributed by atoms with Gasteiger partial charge in [-0.25, -0.2) is 9.59 Å². The highest BCUT2D eigenvalue weighted by atomic mass is 16.5. The van der Waals surface area contributed by atoms with Crippen LogP contribution >= 0.6 is 0 Å². The number of esters is 2. The number of carbonyl (C=O) groups is 2. The van der Waals surface area contributed by atoms with Crippen LogP contribution in [0.15, 0.2) is 25.3 Å². The number of hydrogen-bond donors (Lipinski definition) is 2. The van der Waals surface area contributed by atoms with E-state index in [1.807, 2.05) is 0 Å². The predicted molar refractivity (Wildman–Crippen MR) is 91.3 cm³/mol. The summed E-state index contributed by atoms with van der Waals surface area (Å²) >= 11 is 0. The fourth-order valence-corrected chi connectivity index (χ4v) is 2.11. The fourth-order valence-electron chi connectivity index (χ4n) is 2.11. The Balaban J connectivity index is 3.38. The average molecular weight is 342 g/mol. The maximum Gasteiger partial charge on any atom is 0.330 e. The average Bonchev–Trinajstić information content (AvgIpc) is 2.59. The van der Waals surface area contributed by atoms with Crippen LogP contribution in [0.25, 0.3) is 0 Å². The van der Waals surface area contributed by atoms with Crippen molar-refractivity contribution in [1.82, 2.24) is 0 Å². The summed E-state index contributed by atoms with van der Waals surface area (Å²) in [5, 5.41) is 19.2. The monoisotopic (exact) mass is 342 g/mol. The van der Waals surface area contributed by atoms with Crippen LogP contribution in [0.2, 0.25) is 0 Å². The van der Waals surface area contributed by atoms with Crippen LogP contribution in [0, 0.1) is 0 Å². The van der Waals surface area contributed by atoms with E-state index >= 15 is 0 Å². The molecule has 0 rings (SSSR count). The minimum absolute atomic E-state index is 0.0131. The van der Waals surface area contributed by atoms with Crippen molar-refractivity contribution in [2.45, 2.75) is 63.6 Å². The molecule has 0 saturated heterocycles. The van der Waals surface area contributed by atoms with E-state index in [-0.39, 0.29) is 13.2 Å². The number of carbonyl (C=O) groups excluding carboxylic acids is 2. The molecule has 6 nitrogen and oxygen atoms in total. The third-order valence-electron chi connectivity index (χ3n) is 3.49. The van der Waals surface area contributed by atoms with Crippen LogP contribution in [0.3, 0.4) is 0 Å². The molecule has 0 fully saturated rings. The molecule has 0 aliphatic carbocycles. The summed E-state index contributed by atoms with van der Waals surface area (Å²) < 4.78 is 9.52. The van der Waals surface area contributed by atoms with Crippen molar-refractivity contribution in [3.05, 3.63) is 25.3 Å². The third-order valence-corrected chi connectivity index (χ3v) is 3.49. The number of aliphatic hydroxyl groups excluding tert-OH is 2. The molecule has 2 N–H and O–H groups in total. The van der Waals surface area contributed by atoms with Crippen molar-refractivity contribution < 1.29 is 29.3 Å². The summed E-state index contributed by atoms with van der Waals surface area (Å²) in [5.74, 6) is -1.04. The summed E-state index contributed by atoms with van der Waals surface area (Å²) in [7, 11) is 0. The SMILES string of the molecule is C=CC(=O)OCC(O)CCCCCCCCC(O)COC(=O)C=C. The van der Waals surface area contributed by atoms with Gasteiger partial charge in [0, 0.05) is 12.2 Å². The van der Waals surface area contributed by atoms with Crippen LogP contribution in [-0.4, -0.2) is 47.6 Å². The lowest BCUT2D eigenvalue weighted by atomic mass is 10.1. The largest absolute Gasteiger partial charge is 0.460 e. The van der Waals surface area contributed by atoms with Gasteiger partial charge in [0.15, 0.2) is 0 Å². The lowest BCUT2D eigenvalue weighted by Crippen LogP contribution is -2.17. The molecule has 0 bridgehead atoms. The maximum absolute atomic E-state index is 10.8. The second-order valence-corrected chi connectivity index (χ2v) is 5.67. The van der Waals surface area contributed by atoms with Gasteiger partial charge >= 0.3 is 11.9 Å². The summed E-state index contributed by atoms with van der Waals surface area (Å²) in [4.78, 5) is 21.7. The fraction of sp³-hybridized carbons (Fsp3) is 0.667. The smallest absolute Gasteiger partial charge is 0.330 e. The molecule has 0 aliphatic heterocycles. The summed E-state index contributed by atoms with van der Waals surface area (Å²) in [6.07, 6.45) is 8.01. The number of aliphatic hydroxyl groups is 2. The Morgan fingerprint density at radius 3 is 1.42 bits per heavy atom. The van der Waals surface area contributed by atoms with E-state index in [2.05, 4.69) is 13.2 Å². The molecule has 0 aromatic heterocycles. The van der Waals surface area contributed by atoms with Crippen molar-refractivity contribution >= 4 is 11.9 Å². The first kappa shape index (κ1) is 22.3. The van der Waals surface area contributed by atoms with Gasteiger partial charge in [-0.15, -0.1) is 0 Å². The zero-order valence-corrected chi connectivity index (χ0v) is 14.3. The molecule has 138 valence electrons. The van der Waals surface area contributed by atoms with Gasteiger partial charge in [-0.3, -0.25) is 0 Å². The lowest BCUT2D eigenvalue weighted by molar-refractivity contribution is -0.141. The molecular weight excluding hydrogens is 312 g/mol. The Morgan fingerprint density at radius 1 is 0.750 bits per heavy atom. The van der Waals surface area contributed by atoms with Gasteiger partial charge in [0.25, 0.3) is 0 Å². The van der Waals surface area contributed by atoms with E-state index in [0.717, 1.165) is 50.7 Å². The molecule has 6 heteroatoms. The van der Waals surface area contributed by atoms with Crippen molar-refractivity contribution in [2.24, 2.45) is 0 Å². The van der Waals surface area contributed by atoms with Gasteiger partial charge in [0.05, 0.1) is 12.2 Å². The third kappa shape index (κ3) is 14.0. The van der Waals surface area contributed by atoms with Crippen molar-refractivity contribution in [3.8, 4) is 0 Å². The Bertz CT molecular complexity index is 344. The van der Waals surface area contributed by atoms with Gasteiger partial charge in [-0.1, -0.05) is 51.7 Å². The quantitative estimate of drug-likeness (QED) is 0.269. The number of unbranched alkanes of at least 4 members (excludes halogenated alkanes) is 5. The number of rotatable bonds is 15. The molecule has 2 unspecified atom stereocenters. The normalized spacial score (nSPS) is 12.9. The summed E-state index contributed by atoms with van der Waals surface area (Å²) in [5.41, 5.74) is 0. The number of ether oxygens (including phenoxy) is 2. The lowest BCUT2D eigenvalue weighted by Gasteiger charge is -2.11. The van der Waals surface area contributed by atoms with Gasteiger partial charge < -0.3 is 19.7 Å².